The zero-order valence-corrected chi connectivity index (χ0v) is 7.27. The van der Waals surface area contributed by atoms with E-state index < -0.39 is 17.2 Å². The van der Waals surface area contributed by atoms with Crippen LogP contribution >= 0.6 is 0 Å². The molecule has 0 radical (unpaired) electrons. The zero-order chi connectivity index (χ0) is 9.64. The Balaban J connectivity index is 2.50. The fourth-order valence-electron chi connectivity index (χ4n) is 1.40. The Labute approximate surface area is 75.0 Å². The van der Waals surface area contributed by atoms with Crippen LogP contribution < -0.4 is 0 Å². The van der Waals surface area contributed by atoms with Gasteiger partial charge in [-0.1, -0.05) is 6.07 Å². The molecule has 0 aromatic heterocycles. The number of rotatable bonds is 1. The van der Waals surface area contributed by atoms with E-state index >= 15 is 0 Å². The molecule has 0 spiro atoms. The van der Waals surface area contributed by atoms with Crippen LogP contribution in [0.5, 0.6) is 0 Å². The zero-order valence-electron chi connectivity index (χ0n) is 7.27. The minimum Gasteiger partial charge on any atom is -0.385 e. The molecule has 0 unspecified atom stereocenters. The molecule has 1 fully saturated rings. The van der Waals surface area contributed by atoms with Gasteiger partial charge in [-0.2, -0.15) is 0 Å². The number of halogens is 2. The average Bonchev–Trinajstić information content (AvgIpc) is 2.80. The van der Waals surface area contributed by atoms with Crippen molar-refractivity contribution in [3.8, 4) is 0 Å². The highest BCUT2D eigenvalue weighted by Gasteiger charge is 2.42. The first-order chi connectivity index (χ1) is 6.03. The normalized spacial score (nSPS) is 18.8. The molecule has 0 amide bonds. The quantitative estimate of drug-likeness (QED) is 0.709. The molecule has 2 rings (SSSR count). The number of hydrogen-bond acceptors (Lipinski definition) is 1. The fraction of sp³-hybridized carbons (Fsp3) is 0.400. The number of aliphatic hydroxyl groups is 1. The molecule has 1 aromatic carbocycles. The number of aryl methyl sites for hydroxylation is 1. The van der Waals surface area contributed by atoms with Crippen molar-refractivity contribution < 1.29 is 13.9 Å². The van der Waals surface area contributed by atoms with E-state index in [0.29, 0.717) is 18.4 Å². The molecule has 13 heavy (non-hydrogen) atoms. The smallest absolute Gasteiger partial charge is 0.161 e. The first-order valence-electron chi connectivity index (χ1n) is 4.21. The van der Waals surface area contributed by atoms with Gasteiger partial charge in [0.25, 0.3) is 0 Å². The van der Waals surface area contributed by atoms with Crippen molar-refractivity contribution in [2.75, 3.05) is 0 Å². The van der Waals surface area contributed by atoms with E-state index in [0.717, 1.165) is 6.07 Å². The van der Waals surface area contributed by atoms with Gasteiger partial charge in [0.05, 0.1) is 5.60 Å². The Morgan fingerprint density at radius 2 is 1.92 bits per heavy atom. The topological polar surface area (TPSA) is 20.2 Å². The molecule has 1 N–H and O–H groups in total. The maximum absolute atomic E-state index is 12.9. The highest BCUT2D eigenvalue weighted by molar-refractivity contribution is 5.32. The molecule has 0 atom stereocenters. The summed E-state index contributed by atoms with van der Waals surface area (Å²) >= 11 is 0. The number of hydrogen-bond donors (Lipinski definition) is 1. The molecule has 0 heterocycles. The maximum Gasteiger partial charge on any atom is 0.161 e. The van der Waals surface area contributed by atoms with E-state index in [1.807, 2.05) is 0 Å². The van der Waals surface area contributed by atoms with Gasteiger partial charge in [-0.05, 0) is 37.0 Å². The van der Waals surface area contributed by atoms with E-state index in [-0.39, 0.29) is 5.56 Å². The summed E-state index contributed by atoms with van der Waals surface area (Å²) in [7, 11) is 0. The van der Waals surface area contributed by atoms with Crippen molar-refractivity contribution in [3.63, 3.8) is 0 Å². The summed E-state index contributed by atoms with van der Waals surface area (Å²) in [5.74, 6) is -1.71. The van der Waals surface area contributed by atoms with Crippen LogP contribution in [-0.2, 0) is 5.60 Å². The lowest BCUT2D eigenvalue weighted by Gasteiger charge is -2.09. The minimum absolute atomic E-state index is 0.246. The van der Waals surface area contributed by atoms with Crippen LogP contribution in [-0.4, -0.2) is 5.11 Å². The Bertz CT molecular complexity index is 333. The van der Waals surface area contributed by atoms with Gasteiger partial charge >= 0.3 is 0 Å². The van der Waals surface area contributed by atoms with Crippen molar-refractivity contribution in [2.45, 2.75) is 25.4 Å². The van der Waals surface area contributed by atoms with Crippen molar-refractivity contribution in [1.82, 2.24) is 0 Å². The summed E-state index contributed by atoms with van der Waals surface area (Å²) in [6.07, 6.45) is 1.27. The SMILES string of the molecule is Cc1cc(C2(O)CC2)cc(F)c1F. The lowest BCUT2D eigenvalue weighted by atomic mass is 10.0. The van der Waals surface area contributed by atoms with Crippen LogP contribution in [0.2, 0.25) is 0 Å². The number of benzene rings is 1. The van der Waals surface area contributed by atoms with Crippen LogP contribution in [0.3, 0.4) is 0 Å². The second kappa shape index (κ2) is 2.51. The van der Waals surface area contributed by atoms with Crippen LogP contribution in [0.15, 0.2) is 12.1 Å². The van der Waals surface area contributed by atoms with Gasteiger partial charge in [0.15, 0.2) is 11.6 Å². The molecule has 1 nitrogen and oxygen atoms in total. The minimum atomic E-state index is -0.890. The molecule has 0 aliphatic heterocycles. The Kier molecular flexibility index (Phi) is 1.67. The van der Waals surface area contributed by atoms with Crippen LogP contribution in [0.25, 0.3) is 0 Å². The predicted octanol–water partition coefficient (Wildman–Crippen LogP) is 2.25. The van der Waals surface area contributed by atoms with E-state index in [9.17, 15) is 13.9 Å². The third-order valence-corrected chi connectivity index (χ3v) is 2.47. The van der Waals surface area contributed by atoms with Crippen molar-refractivity contribution in [3.05, 3.63) is 34.9 Å². The summed E-state index contributed by atoms with van der Waals surface area (Å²) in [6.45, 7) is 1.49. The third-order valence-electron chi connectivity index (χ3n) is 2.47. The lowest BCUT2D eigenvalue weighted by molar-refractivity contribution is 0.151. The van der Waals surface area contributed by atoms with Crippen LogP contribution in [0, 0.1) is 18.6 Å². The lowest BCUT2D eigenvalue weighted by Crippen LogP contribution is -2.06. The van der Waals surface area contributed by atoms with Crippen molar-refractivity contribution in [1.29, 1.82) is 0 Å². The average molecular weight is 184 g/mol. The molecule has 3 heteroatoms. The third kappa shape index (κ3) is 1.33. The Morgan fingerprint density at radius 3 is 2.38 bits per heavy atom. The highest BCUT2D eigenvalue weighted by Crippen LogP contribution is 2.45. The van der Waals surface area contributed by atoms with Gasteiger partial charge in [0.2, 0.25) is 0 Å². The first-order valence-corrected chi connectivity index (χ1v) is 4.21. The fourth-order valence-corrected chi connectivity index (χ4v) is 1.40. The molecule has 1 aliphatic rings. The molecule has 0 bridgehead atoms. The van der Waals surface area contributed by atoms with Gasteiger partial charge in [-0.25, -0.2) is 8.78 Å². The summed E-state index contributed by atoms with van der Waals surface area (Å²) < 4.78 is 25.8. The van der Waals surface area contributed by atoms with Crippen LogP contribution in [0.1, 0.15) is 24.0 Å². The molecular formula is C10H10F2O. The monoisotopic (exact) mass is 184 g/mol. The summed E-state index contributed by atoms with van der Waals surface area (Å²) in [5, 5.41) is 9.65. The largest absolute Gasteiger partial charge is 0.385 e. The van der Waals surface area contributed by atoms with E-state index in [4.69, 9.17) is 0 Å². The summed E-state index contributed by atoms with van der Waals surface area (Å²) in [4.78, 5) is 0. The van der Waals surface area contributed by atoms with Gasteiger partial charge in [0.1, 0.15) is 0 Å². The molecule has 1 aromatic rings. The van der Waals surface area contributed by atoms with Crippen molar-refractivity contribution in [2.24, 2.45) is 0 Å². The van der Waals surface area contributed by atoms with E-state index in [2.05, 4.69) is 0 Å². The predicted molar refractivity (Wildman–Crippen MR) is 44.2 cm³/mol. The van der Waals surface area contributed by atoms with Gasteiger partial charge in [-0.3, -0.25) is 0 Å². The Hall–Kier alpha value is -0.960. The summed E-state index contributed by atoms with van der Waals surface area (Å²) in [5.41, 5.74) is -0.154. The van der Waals surface area contributed by atoms with Crippen LogP contribution in [0.4, 0.5) is 8.78 Å². The van der Waals surface area contributed by atoms with Gasteiger partial charge in [0, 0.05) is 0 Å². The summed E-state index contributed by atoms with van der Waals surface area (Å²) in [6, 6.07) is 2.58. The first kappa shape index (κ1) is 8.63. The molecular weight excluding hydrogens is 174 g/mol. The standard InChI is InChI=1S/C10H10F2O/c1-6-4-7(10(13)2-3-10)5-8(11)9(6)12/h4-5,13H,2-3H2,1H3. The maximum atomic E-state index is 12.9. The molecule has 70 valence electrons. The molecule has 1 aliphatic carbocycles. The second-order valence-corrected chi connectivity index (χ2v) is 3.62. The van der Waals surface area contributed by atoms with E-state index in [1.165, 1.54) is 13.0 Å². The van der Waals surface area contributed by atoms with E-state index in [1.54, 1.807) is 0 Å². The molecule has 1 saturated carbocycles. The highest BCUT2D eigenvalue weighted by atomic mass is 19.2. The van der Waals surface area contributed by atoms with Gasteiger partial charge in [-0.15, -0.1) is 0 Å². The second-order valence-electron chi connectivity index (χ2n) is 3.62. The molecule has 0 saturated heterocycles. The van der Waals surface area contributed by atoms with Gasteiger partial charge < -0.3 is 5.11 Å². The Morgan fingerprint density at radius 1 is 1.31 bits per heavy atom. The van der Waals surface area contributed by atoms with Crippen molar-refractivity contribution >= 4 is 0 Å².